The molecule has 0 aromatic carbocycles. The van der Waals surface area contributed by atoms with Crippen LogP contribution in [-0.4, -0.2) is 33.1 Å². The van der Waals surface area contributed by atoms with Crippen LogP contribution >= 0.6 is 0 Å². The predicted molar refractivity (Wildman–Crippen MR) is 59.8 cm³/mol. The summed E-state index contributed by atoms with van der Waals surface area (Å²) in [5.41, 5.74) is 0.642. The molecule has 0 fully saturated rings. The summed E-state index contributed by atoms with van der Waals surface area (Å²) in [5, 5.41) is 8.44. The van der Waals surface area contributed by atoms with Gasteiger partial charge < -0.3 is 9.84 Å². The van der Waals surface area contributed by atoms with Gasteiger partial charge in [-0.05, 0) is 6.07 Å². The smallest absolute Gasteiger partial charge is 0.304 e. The van der Waals surface area contributed by atoms with Crippen molar-refractivity contribution in [2.75, 3.05) is 12.9 Å². The standard InChI is InChI=1S/C10H13NO4S/c1-15-9-4-2-3-8(11-9)7-16(14)6-5-10(12)13/h2-4H,5-7H2,1H3,(H,12,13). The number of methoxy groups -OCH3 is 1. The third-order valence-corrected chi connectivity index (χ3v) is 3.12. The third kappa shape index (κ3) is 4.39. The van der Waals surface area contributed by atoms with Gasteiger partial charge in [0, 0.05) is 22.6 Å². The molecule has 0 aliphatic heterocycles. The maximum Gasteiger partial charge on any atom is 0.304 e. The van der Waals surface area contributed by atoms with Gasteiger partial charge in [0.1, 0.15) is 0 Å². The van der Waals surface area contributed by atoms with Crippen LogP contribution in [0.3, 0.4) is 0 Å². The zero-order valence-corrected chi connectivity index (χ0v) is 9.70. The fourth-order valence-corrected chi connectivity index (χ4v) is 2.13. The molecule has 1 atom stereocenters. The van der Waals surface area contributed by atoms with Crippen LogP contribution in [0.5, 0.6) is 5.88 Å². The van der Waals surface area contributed by atoms with Crippen LogP contribution < -0.4 is 4.74 Å². The zero-order valence-electron chi connectivity index (χ0n) is 8.88. The lowest BCUT2D eigenvalue weighted by atomic mass is 10.4. The number of carbonyl (C=O) groups is 1. The van der Waals surface area contributed by atoms with Gasteiger partial charge in [0.15, 0.2) is 0 Å². The number of nitrogens with zero attached hydrogens (tertiary/aromatic N) is 1. The molecular weight excluding hydrogens is 230 g/mol. The zero-order chi connectivity index (χ0) is 12.0. The van der Waals surface area contributed by atoms with Crippen LogP contribution in [0.4, 0.5) is 0 Å². The second-order valence-electron chi connectivity index (χ2n) is 3.10. The summed E-state index contributed by atoms with van der Waals surface area (Å²) >= 11 is 0. The lowest BCUT2D eigenvalue weighted by molar-refractivity contribution is -0.136. The highest BCUT2D eigenvalue weighted by Crippen LogP contribution is 2.08. The van der Waals surface area contributed by atoms with Crippen molar-refractivity contribution in [2.45, 2.75) is 12.2 Å². The van der Waals surface area contributed by atoms with Gasteiger partial charge in [0.25, 0.3) is 0 Å². The Morgan fingerprint density at radius 2 is 2.31 bits per heavy atom. The number of ether oxygens (including phenoxy) is 1. The van der Waals surface area contributed by atoms with Gasteiger partial charge in [-0.25, -0.2) is 4.98 Å². The lowest BCUT2D eigenvalue weighted by Crippen LogP contribution is -2.07. The van der Waals surface area contributed by atoms with Crippen LogP contribution in [0.2, 0.25) is 0 Å². The number of carboxylic acids is 1. The Kier molecular flexibility index (Phi) is 4.91. The van der Waals surface area contributed by atoms with Crippen molar-refractivity contribution in [1.82, 2.24) is 4.98 Å². The van der Waals surface area contributed by atoms with Crippen molar-refractivity contribution in [1.29, 1.82) is 0 Å². The fraction of sp³-hybridized carbons (Fsp3) is 0.400. The summed E-state index contributed by atoms with van der Waals surface area (Å²) in [6, 6.07) is 5.19. The highest BCUT2D eigenvalue weighted by molar-refractivity contribution is 7.84. The second-order valence-corrected chi connectivity index (χ2v) is 4.68. The Labute approximate surface area is 95.9 Å². The van der Waals surface area contributed by atoms with Crippen molar-refractivity contribution in [3.8, 4) is 5.88 Å². The minimum Gasteiger partial charge on any atom is -0.481 e. The average Bonchev–Trinajstić information content (AvgIpc) is 2.26. The number of aromatic nitrogens is 1. The van der Waals surface area contributed by atoms with Crippen LogP contribution in [0.1, 0.15) is 12.1 Å². The first-order valence-corrected chi connectivity index (χ1v) is 6.17. The quantitative estimate of drug-likeness (QED) is 0.800. The largest absolute Gasteiger partial charge is 0.481 e. The molecular formula is C10H13NO4S. The number of hydrogen-bond donors (Lipinski definition) is 1. The highest BCUT2D eigenvalue weighted by atomic mass is 32.2. The Morgan fingerprint density at radius 1 is 1.56 bits per heavy atom. The van der Waals surface area contributed by atoms with Crippen molar-refractivity contribution >= 4 is 16.8 Å². The first-order valence-electron chi connectivity index (χ1n) is 4.68. The van der Waals surface area contributed by atoms with E-state index in [0.717, 1.165) is 0 Å². The van der Waals surface area contributed by atoms with E-state index in [0.29, 0.717) is 11.6 Å². The van der Waals surface area contributed by atoms with Gasteiger partial charge in [-0.3, -0.25) is 9.00 Å². The molecule has 0 aliphatic carbocycles. The molecule has 1 aromatic rings. The molecule has 0 spiro atoms. The average molecular weight is 243 g/mol. The van der Waals surface area contributed by atoms with Crippen LogP contribution in [0, 0.1) is 0 Å². The molecule has 88 valence electrons. The van der Waals surface area contributed by atoms with E-state index in [-0.39, 0.29) is 17.9 Å². The normalized spacial score (nSPS) is 12.1. The highest BCUT2D eigenvalue weighted by Gasteiger charge is 2.06. The van der Waals surface area contributed by atoms with Crippen LogP contribution in [-0.2, 0) is 21.3 Å². The molecule has 1 unspecified atom stereocenters. The number of hydrogen-bond acceptors (Lipinski definition) is 4. The van der Waals surface area contributed by atoms with E-state index in [9.17, 15) is 9.00 Å². The number of aliphatic carboxylic acids is 1. The minimum absolute atomic E-state index is 0.0867. The molecule has 16 heavy (non-hydrogen) atoms. The van der Waals surface area contributed by atoms with Gasteiger partial charge in [0.05, 0.1) is 25.0 Å². The first kappa shape index (κ1) is 12.6. The van der Waals surface area contributed by atoms with Crippen LogP contribution in [0.25, 0.3) is 0 Å². The molecule has 0 aliphatic rings. The Bertz CT molecular complexity index is 394. The Balaban J connectivity index is 2.52. The van der Waals surface area contributed by atoms with Crippen molar-refractivity contribution in [3.05, 3.63) is 23.9 Å². The topological polar surface area (TPSA) is 76.5 Å². The number of rotatable bonds is 6. The van der Waals surface area contributed by atoms with E-state index in [1.807, 2.05) is 0 Å². The number of carboxylic acid groups (broad SMARTS) is 1. The summed E-state index contributed by atoms with van der Waals surface area (Å²) < 4.78 is 16.4. The minimum atomic E-state index is -1.20. The molecule has 1 heterocycles. The fourth-order valence-electron chi connectivity index (χ4n) is 1.09. The molecule has 1 N–H and O–H groups in total. The van der Waals surface area contributed by atoms with Crippen LogP contribution in [0.15, 0.2) is 18.2 Å². The van der Waals surface area contributed by atoms with Crippen molar-refractivity contribution in [2.24, 2.45) is 0 Å². The molecule has 0 saturated carbocycles. The third-order valence-electron chi connectivity index (χ3n) is 1.84. The summed E-state index contributed by atoms with van der Waals surface area (Å²) in [7, 11) is 0.307. The molecule has 1 rings (SSSR count). The Hall–Kier alpha value is -1.43. The Morgan fingerprint density at radius 3 is 2.94 bits per heavy atom. The molecule has 0 amide bonds. The van der Waals surface area contributed by atoms with Crippen molar-refractivity contribution in [3.63, 3.8) is 0 Å². The second kappa shape index (κ2) is 6.22. The summed E-state index contributed by atoms with van der Waals surface area (Å²) in [5.74, 6) is -0.0710. The molecule has 0 bridgehead atoms. The van der Waals surface area contributed by atoms with E-state index >= 15 is 0 Å². The molecule has 1 aromatic heterocycles. The molecule has 0 saturated heterocycles. The summed E-state index contributed by atoms with van der Waals surface area (Å²) in [4.78, 5) is 14.4. The molecule has 5 nitrogen and oxygen atoms in total. The van der Waals surface area contributed by atoms with Crippen molar-refractivity contribution < 1.29 is 18.8 Å². The van der Waals surface area contributed by atoms with E-state index in [1.165, 1.54) is 7.11 Å². The maximum absolute atomic E-state index is 11.5. The van der Waals surface area contributed by atoms with E-state index < -0.39 is 16.8 Å². The summed E-state index contributed by atoms with van der Waals surface area (Å²) in [6.07, 6.45) is -0.0867. The van der Waals surface area contributed by atoms with Gasteiger partial charge in [0.2, 0.25) is 5.88 Å². The SMILES string of the molecule is COc1cccc(CS(=O)CCC(=O)O)n1. The monoisotopic (exact) mass is 243 g/mol. The first-order chi connectivity index (χ1) is 7.61. The maximum atomic E-state index is 11.5. The molecule has 6 heteroatoms. The van der Waals surface area contributed by atoms with E-state index in [1.54, 1.807) is 18.2 Å². The van der Waals surface area contributed by atoms with Gasteiger partial charge in [-0.15, -0.1) is 0 Å². The molecule has 0 radical (unpaired) electrons. The lowest BCUT2D eigenvalue weighted by Gasteiger charge is -2.02. The van der Waals surface area contributed by atoms with Gasteiger partial charge in [-0.2, -0.15) is 0 Å². The summed E-state index contributed by atoms with van der Waals surface area (Å²) in [6.45, 7) is 0. The number of pyridine rings is 1. The predicted octanol–water partition coefficient (Wildman–Crippen LogP) is 0.814. The van der Waals surface area contributed by atoms with E-state index in [4.69, 9.17) is 9.84 Å². The van der Waals surface area contributed by atoms with Gasteiger partial charge in [-0.1, -0.05) is 6.07 Å². The van der Waals surface area contributed by atoms with E-state index in [2.05, 4.69) is 4.98 Å². The van der Waals surface area contributed by atoms with Gasteiger partial charge >= 0.3 is 5.97 Å².